The minimum atomic E-state index is -0.275. The Morgan fingerprint density at radius 1 is 1.23 bits per heavy atom. The van der Waals surface area contributed by atoms with Crippen LogP contribution in [0.25, 0.3) is 0 Å². The van der Waals surface area contributed by atoms with Crippen LogP contribution in [-0.4, -0.2) is 69.4 Å². The monoisotopic (exact) mass is 393 g/mol. The van der Waals surface area contributed by atoms with Gasteiger partial charge in [0.25, 0.3) is 0 Å². The van der Waals surface area contributed by atoms with E-state index in [0.717, 1.165) is 49.9 Å². The molecule has 3 saturated heterocycles. The van der Waals surface area contributed by atoms with Crippen molar-refractivity contribution in [2.24, 2.45) is 0 Å². The Morgan fingerprint density at radius 2 is 1.92 bits per heavy atom. The summed E-state index contributed by atoms with van der Waals surface area (Å²) >= 11 is 7.70. The highest BCUT2D eigenvalue weighted by atomic mass is 35.5. The molecule has 4 rings (SSSR count). The average molecular weight is 394 g/mol. The average Bonchev–Trinajstić information content (AvgIpc) is 3.13. The molecule has 2 amide bonds. The van der Waals surface area contributed by atoms with Gasteiger partial charge in [0.05, 0.1) is 4.87 Å². The summed E-state index contributed by atoms with van der Waals surface area (Å²) in [4.78, 5) is 31.3. The number of rotatable bonds is 3. The molecule has 0 spiro atoms. The lowest BCUT2D eigenvalue weighted by atomic mass is 10.1. The SMILES string of the molecule is CC12CCC(=O)N1C(C(=O)N1CCN(Cc3ccc(Cl)cc3)CC1)CS2. The van der Waals surface area contributed by atoms with E-state index in [-0.39, 0.29) is 22.7 Å². The van der Waals surface area contributed by atoms with Gasteiger partial charge in [0.15, 0.2) is 0 Å². The van der Waals surface area contributed by atoms with Crippen molar-refractivity contribution in [2.45, 2.75) is 37.2 Å². The van der Waals surface area contributed by atoms with Crippen molar-refractivity contribution >= 4 is 35.2 Å². The summed E-state index contributed by atoms with van der Waals surface area (Å²) in [7, 11) is 0. The van der Waals surface area contributed by atoms with Gasteiger partial charge in [-0.15, -0.1) is 11.8 Å². The fraction of sp³-hybridized carbons (Fsp3) is 0.579. The molecule has 0 bridgehead atoms. The Morgan fingerprint density at radius 3 is 2.62 bits per heavy atom. The van der Waals surface area contributed by atoms with Crippen molar-refractivity contribution in [1.29, 1.82) is 0 Å². The summed E-state index contributed by atoms with van der Waals surface area (Å²) in [5.74, 6) is 0.992. The van der Waals surface area contributed by atoms with Crippen LogP contribution in [0.1, 0.15) is 25.3 Å². The fourth-order valence-electron chi connectivity index (χ4n) is 4.19. The van der Waals surface area contributed by atoms with E-state index in [2.05, 4.69) is 24.0 Å². The molecule has 2 atom stereocenters. The van der Waals surface area contributed by atoms with Gasteiger partial charge in [0, 0.05) is 49.9 Å². The second-order valence-electron chi connectivity index (χ2n) is 7.49. The number of carbonyl (C=O) groups is 2. The highest BCUT2D eigenvalue weighted by Crippen LogP contribution is 2.47. The minimum Gasteiger partial charge on any atom is -0.338 e. The Kier molecular flexibility index (Phi) is 4.92. The van der Waals surface area contributed by atoms with Crippen molar-refractivity contribution in [1.82, 2.24) is 14.7 Å². The number of nitrogens with zero attached hydrogens (tertiary/aromatic N) is 3. The molecule has 0 radical (unpaired) electrons. The number of thioether (sulfide) groups is 1. The van der Waals surface area contributed by atoms with Gasteiger partial charge in [-0.2, -0.15) is 0 Å². The largest absolute Gasteiger partial charge is 0.338 e. The molecule has 1 aromatic carbocycles. The van der Waals surface area contributed by atoms with Gasteiger partial charge in [0.2, 0.25) is 11.8 Å². The maximum absolute atomic E-state index is 13.0. The predicted molar refractivity (Wildman–Crippen MR) is 104 cm³/mol. The lowest BCUT2D eigenvalue weighted by Gasteiger charge is -2.38. The number of amides is 2. The smallest absolute Gasteiger partial charge is 0.246 e. The maximum Gasteiger partial charge on any atom is 0.246 e. The zero-order valence-electron chi connectivity index (χ0n) is 15.0. The van der Waals surface area contributed by atoms with E-state index in [1.807, 2.05) is 21.9 Å². The van der Waals surface area contributed by atoms with Crippen LogP contribution in [0.5, 0.6) is 0 Å². The second-order valence-corrected chi connectivity index (χ2v) is 9.43. The molecule has 26 heavy (non-hydrogen) atoms. The summed E-state index contributed by atoms with van der Waals surface area (Å²) in [5, 5.41) is 0.752. The highest BCUT2D eigenvalue weighted by molar-refractivity contribution is 8.01. The van der Waals surface area contributed by atoms with E-state index in [1.165, 1.54) is 5.56 Å². The molecular formula is C19H24ClN3O2S. The summed E-state index contributed by atoms with van der Waals surface area (Å²) in [6.07, 6.45) is 1.43. The van der Waals surface area contributed by atoms with Crippen LogP contribution >= 0.6 is 23.4 Å². The molecule has 0 aromatic heterocycles. The van der Waals surface area contributed by atoms with E-state index in [0.29, 0.717) is 6.42 Å². The summed E-state index contributed by atoms with van der Waals surface area (Å²) < 4.78 is 0. The Balaban J connectivity index is 1.34. The molecule has 3 heterocycles. The predicted octanol–water partition coefficient (Wildman–Crippen LogP) is 2.44. The van der Waals surface area contributed by atoms with Crippen molar-refractivity contribution in [3.8, 4) is 0 Å². The van der Waals surface area contributed by atoms with Gasteiger partial charge in [-0.25, -0.2) is 0 Å². The first kappa shape index (κ1) is 18.1. The first-order valence-electron chi connectivity index (χ1n) is 9.18. The molecular weight excluding hydrogens is 370 g/mol. The Bertz CT molecular complexity index is 705. The van der Waals surface area contributed by atoms with Crippen LogP contribution in [0.4, 0.5) is 0 Å². The van der Waals surface area contributed by atoms with Crippen LogP contribution in [-0.2, 0) is 16.1 Å². The molecule has 3 aliphatic heterocycles. The third-order valence-electron chi connectivity index (χ3n) is 5.73. The van der Waals surface area contributed by atoms with E-state index >= 15 is 0 Å². The van der Waals surface area contributed by atoms with Crippen LogP contribution < -0.4 is 0 Å². The van der Waals surface area contributed by atoms with Crippen molar-refractivity contribution in [3.63, 3.8) is 0 Å². The molecule has 5 nitrogen and oxygen atoms in total. The van der Waals surface area contributed by atoms with Crippen molar-refractivity contribution < 1.29 is 9.59 Å². The number of carbonyl (C=O) groups excluding carboxylic acids is 2. The number of hydrogen-bond acceptors (Lipinski definition) is 4. The third-order valence-corrected chi connectivity index (χ3v) is 7.49. The first-order chi connectivity index (χ1) is 12.5. The maximum atomic E-state index is 13.0. The lowest BCUT2D eigenvalue weighted by molar-refractivity contribution is -0.144. The molecule has 0 aliphatic carbocycles. The number of hydrogen-bond donors (Lipinski definition) is 0. The molecule has 3 fully saturated rings. The van der Waals surface area contributed by atoms with Crippen LogP contribution in [0.15, 0.2) is 24.3 Å². The van der Waals surface area contributed by atoms with Gasteiger partial charge in [-0.05, 0) is 31.0 Å². The lowest BCUT2D eigenvalue weighted by Crippen LogP contribution is -2.56. The highest BCUT2D eigenvalue weighted by Gasteiger charge is 2.53. The normalized spacial score (nSPS) is 29.3. The van der Waals surface area contributed by atoms with Gasteiger partial charge in [0.1, 0.15) is 6.04 Å². The topological polar surface area (TPSA) is 43.9 Å². The first-order valence-corrected chi connectivity index (χ1v) is 10.5. The Hall–Kier alpha value is -1.24. The van der Waals surface area contributed by atoms with Gasteiger partial charge in [-0.3, -0.25) is 14.5 Å². The van der Waals surface area contributed by atoms with E-state index in [9.17, 15) is 9.59 Å². The third kappa shape index (κ3) is 3.35. The van der Waals surface area contributed by atoms with E-state index in [4.69, 9.17) is 11.6 Å². The number of halogens is 1. The van der Waals surface area contributed by atoms with Crippen molar-refractivity contribution in [3.05, 3.63) is 34.9 Å². The molecule has 7 heteroatoms. The Labute approximate surface area is 163 Å². The fourth-order valence-corrected chi connectivity index (χ4v) is 5.74. The van der Waals surface area contributed by atoms with Crippen molar-refractivity contribution in [2.75, 3.05) is 31.9 Å². The number of benzene rings is 1. The van der Waals surface area contributed by atoms with E-state index in [1.54, 1.807) is 11.8 Å². The number of fused-ring (bicyclic) bond motifs is 1. The van der Waals surface area contributed by atoms with Gasteiger partial charge in [-0.1, -0.05) is 23.7 Å². The number of piperazine rings is 1. The molecule has 1 aromatic rings. The molecule has 2 unspecified atom stereocenters. The summed E-state index contributed by atoms with van der Waals surface area (Å²) in [5.41, 5.74) is 1.24. The molecule has 0 saturated carbocycles. The standard InChI is InChI=1S/C19H24ClN3O2S/c1-19-7-6-17(24)23(19)16(13-26-19)18(25)22-10-8-21(9-11-22)12-14-2-4-15(20)5-3-14/h2-5,16H,6-13H2,1H3. The molecule has 3 aliphatic rings. The zero-order valence-corrected chi connectivity index (χ0v) is 16.6. The van der Waals surface area contributed by atoms with E-state index < -0.39 is 0 Å². The summed E-state index contributed by atoms with van der Waals surface area (Å²) in [6, 6.07) is 7.66. The van der Waals surface area contributed by atoms with Gasteiger partial charge < -0.3 is 9.80 Å². The summed E-state index contributed by atoms with van der Waals surface area (Å²) in [6.45, 7) is 6.15. The van der Waals surface area contributed by atoms with Gasteiger partial charge >= 0.3 is 0 Å². The molecule has 0 N–H and O–H groups in total. The zero-order chi connectivity index (χ0) is 18.3. The van der Waals surface area contributed by atoms with Crippen LogP contribution in [0.2, 0.25) is 5.02 Å². The second kappa shape index (κ2) is 7.06. The van der Waals surface area contributed by atoms with Crippen LogP contribution in [0, 0.1) is 0 Å². The minimum absolute atomic E-state index is 0.127. The quantitative estimate of drug-likeness (QED) is 0.791. The molecule has 140 valence electrons. The van der Waals surface area contributed by atoms with Crippen LogP contribution in [0.3, 0.4) is 0 Å².